The highest BCUT2D eigenvalue weighted by atomic mass is 16.5. The number of amides is 2. The summed E-state index contributed by atoms with van der Waals surface area (Å²) in [5, 5.41) is 5.30. The predicted octanol–water partition coefficient (Wildman–Crippen LogP) is 2.86. The molecule has 31 heavy (non-hydrogen) atoms. The number of hydrogen-bond acceptors (Lipinski definition) is 6. The van der Waals surface area contributed by atoms with Gasteiger partial charge in [-0.1, -0.05) is 42.5 Å². The van der Waals surface area contributed by atoms with E-state index in [0.717, 1.165) is 5.56 Å². The minimum atomic E-state index is -0.726. The molecule has 0 bridgehead atoms. The third-order valence-corrected chi connectivity index (χ3v) is 4.63. The summed E-state index contributed by atoms with van der Waals surface area (Å²) in [6, 6.07) is 14.6. The number of carbonyl (C=O) groups is 3. The molecule has 1 heterocycles. The molecule has 1 aliphatic heterocycles. The van der Waals surface area contributed by atoms with Gasteiger partial charge in [-0.15, -0.1) is 0 Å². The standard InChI is InChI=1S/C23H24N2O6/c1-3-30-22(27)19-18(24-23(28)25-20(19)16-7-5-4-6-8-16)14-31-21(26)17-11-9-15(10-12-17)13-29-2/h4-12,20H,3,13-14H2,1-2H3,(H2,24,25,28)/t20-/m0/s1. The number of nitrogens with one attached hydrogen (secondary N) is 2. The van der Waals surface area contributed by atoms with E-state index in [-0.39, 0.29) is 24.5 Å². The van der Waals surface area contributed by atoms with Gasteiger partial charge >= 0.3 is 18.0 Å². The van der Waals surface area contributed by atoms with Crippen molar-refractivity contribution < 1.29 is 28.6 Å². The first-order valence-corrected chi connectivity index (χ1v) is 9.81. The van der Waals surface area contributed by atoms with Crippen molar-refractivity contribution in [3.05, 3.63) is 82.6 Å². The average Bonchev–Trinajstić information content (AvgIpc) is 2.78. The first kappa shape index (κ1) is 22.0. The van der Waals surface area contributed by atoms with Gasteiger partial charge in [0.05, 0.1) is 36.1 Å². The van der Waals surface area contributed by atoms with E-state index in [9.17, 15) is 14.4 Å². The number of benzene rings is 2. The van der Waals surface area contributed by atoms with Gasteiger partial charge in [0.15, 0.2) is 0 Å². The van der Waals surface area contributed by atoms with Crippen LogP contribution in [0.2, 0.25) is 0 Å². The number of esters is 2. The molecule has 0 radical (unpaired) electrons. The molecule has 8 nitrogen and oxygen atoms in total. The molecule has 0 fully saturated rings. The van der Waals surface area contributed by atoms with Crippen LogP contribution in [0.1, 0.15) is 34.5 Å². The third-order valence-electron chi connectivity index (χ3n) is 4.63. The first-order chi connectivity index (χ1) is 15.0. The Morgan fingerprint density at radius 2 is 1.65 bits per heavy atom. The normalized spacial score (nSPS) is 15.7. The lowest BCUT2D eigenvalue weighted by Crippen LogP contribution is -2.47. The largest absolute Gasteiger partial charge is 0.463 e. The van der Waals surface area contributed by atoms with Crippen molar-refractivity contribution in [3.8, 4) is 0 Å². The summed E-state index contributed by atoms with van der Waals surface area (Å²) in [4.78, 5) is 37.4. The van der Waals surface area contributed by atoms with E-state index in [4.69, 9.17) is 14.2 Å². The van der Waals surface area contributed by atoms with Gasteiger partial charge in [0.25, 0.3) is 0 Å². The van der Waals surface area contributed by atoms with Crippen LogP contribution in [0, 0.1) is 0 Å². The molecular formula is C23H24N2O6. The highest BCUT2D eigenvalue weighted by molar-refractivity contribution is 5.95. The van der Waals surface area contributed by atoms with Crippen molar-refractivity contribution in [2.75, 3.05) is 20.3 Å². The summed E-state index contributed by atoms with van der Waals surface area (Å²) in [6.07, 6.45) is 0. The SMILES string of the molecule is CCOC(=O)C1=C(COC(=O)c2ccc(COC)cc2)NC(=O)N[C@H]1c1ccccc1. The van der Waals surface area contributed by atoms with E-state index < -0.39 is 24.0 Å². The Bertz CT molecular complexity index is 969. The summed E-state index contributed by atoms with van der Waals surface area (Å²) in [7, 11) is 1.59. The molecule has 8 heteroatoms. The van der Waals surface area contributed by atoms with Gasteiger partial charge < -0.3 is 24.8 Å². The molecule has 0 aromatic heterocycles. The van der Waals surface area contributed by atoms with Crippen molar-refractivity contribution in [2.24, 2.45) is 0 Å². The Morgan fingerprint density at radius 1 is 0.935 bits per heavy atom. The zero-order valence-electron chi connectivity index (χ0n) is 17.3. The molecular weight excluding hydrogens is 400 g/mol. The molecule has 0 saturated carbocycles. The lowest BCUT2D eigenvalue weighted by molar-refractivity contribution is -0.139. The summed E-state index contributed by atoms with van der Waals surface area (Å²) in [5.41, 5.74) is 2.34. The zero-order valence-corrected chi connectivity index (χ0v) is 17.3. The number of methoxy groups -OCH3 is 1. The average molecular weight is 424 g/mol. The molecule has 0 aliphatic carbocycles. The number of urea groups is 1. The molecule has 3 rings (SSSR count). The molecule has 2 aromatic rings. The Hall–Kier alpha value is -3.65. The van der Waals surface area contributed by atoms with E-state index in [2.05, 4.69) is 10.6 Å². The monoisotopic (exact) mass is 424 g/mol. The second-order valence-electron chi connectivity index (χ2n) is 6.76. The molecule has 2 aromatic carbocycles. The Morgan fingerprint density at radius 3 is 2.29 bits per heavy atom. The van der Waals surface area contributed by atoms with Gasteiger partial charge in [-0.05, 0) is 30.2 Å². The van der Waals surface area contributed by atoms with Crippen molar-refractivity contribution in [1.82, 2.24) is 10.6 Å². The van der Waals surface area contributed by atoms with Gasteiger partial charge in [-0.25, -0.2) is 14.4 Å². The number of rotatable bonds is 8. The van der Waals surface area contributed by atoms with Crippen LogP contribution in [0.25, 0.3) is 0 Å². The molecule has 2 N–H and O–H groups in total. The quantitative estimate of drug-likeness (QED) is 0.632. The Kier molecular flexibility index (Phi) is 7.40. The van der Waals surface area contributed by atoms with Gasteiger partial charge in [0, 0.05) is 7.11 Å². The summed E-state index contributed by atoms with van der Waals surface area (Å²) < 4.78 is 15.6. The van der Waals surface area contributed by atoms with Crippen LogP contribution in [-0.4, -0.2) is 38.3 Å². The fourth-order valence-electron chi connectivity index (χ4n) is 3.20. The van der Waals surface area contributed by atoms with Crippen LogP contribution < -0.4 is 10.6 Å². The van der Waals surface area contributed by atoms with Crippen LogP contribution in [-0.2, 0) is 25.6 Å². The van der Waals surface area contributed by atoms with E-state index in [1.165, 1.54) is 0 Å². The molecule has 0 saturated heterocycles. The van der Waals surface area contributed by atoms with Crippen molar-refractivity contribution in [1.29, 1.82) is 0 Å². The molecule has 0 unspecified atom stereocenters. The number of hydrogen-bond donors (Lipinski definition) is 2. The highest BCUT2D eigenvalue weighted by Crippen LogP contribution is 2.28. The smallest absolute Gasteiger partial charge is 0.338 e. The van der Waals surface area contributed by atoms with Crippen LogP contribution >= 0.6 is 0 Å². The molecule has 1 aliphatic rings. The summed E-state index contributed by atoms with van der Waals surface area (Å²) >= 11 is 0. The van der Waals surface area contributed by atoms with Crippen LogP contribution in [0.4, 0.5) is 4.79 Å². The highest BCUT2D eigenvalue weighted by Gasteiger charge is 2.34. The topological polar surface area (TPSA) is 103 Å². The Labute approximate surface area is 180 Å². The second kappa shape index (κ2) is 10.4. The van der Waals surface area contributed by atoms with E-state index in [1.807, 2.05) is 6.07 Å². The maximum absolute atomic E-state index is 12.7. The van der Waals surface area contributed by atoms with Crippen molar-refractivity contribution in [3.63, 3.8) is 0 Å². The van der Waals surface area contributed by atoms with Crippen molar-refractivity contribution >= 4 is 18.0 Å². The lowest BCUT2D eigenvalue weighted by Gasteiger charge is -2.29. The van der Waals surface area contributed by atoms with Crippen molar-refractivity contribution in [2.45, 2.75) is 19.6 Å². The lowest BCUT2D eigenvalue weighted by atomic mass is 9.95. The number of carbonyl (C=O) groups excluding carboxylic acids is 3. The van der Waals surface area contributed by atoms with E-state index in [1.54, 1.807) is 62.6 Å². The maximum atomic E-state index is 12.7. The van der Waals surface area contributed by atoms with E-state index in [0.29, 0.717) is 17.7 Å². The van der Waals surface area contributed by atoms with Gasteiger partial charge in [0.2, 0.25) is 0 Å². The van der Waals surface area contributed by atoms with Crippen LogP contribution in [0.5, 0.6) is 0 Å². The maximum Gasteiger partial charge on any atom is 0.338 e. The van der Waals surface area contributed by atoms with E-state index >= 15 is 0 Å². The van der Waals surface area contributed by atoms with Crippen LogP contribution in [0.15, 0.2) is 65.9 Å². The molecule has 0 spiro atoms. The van der Waals surface area contributed by atoms with Gasteiger partial charge in [-0.3, -0.25) is 0 Å². The van der Waals surface area contributed by atoms with Crippen LogP contribution in [0.3, 0.4) is 0 Å². The fraction of sp³-hybridized carbons (Fsp3) is 0.261. The second-order valence-corrected chi connectivity index (χ2v) is 6.76. The number of ether oxygens (including phenoxy) is 3. The molecule has 1 atom stereocenters. The predicted molar refractivity (Wildman–Crippen MR) is 112 cm³/mol. The van der Waals surface area contributed by atoms with Gasteiger partial charge in [-0.2, -0.15) is 0 Å². The fourth-order valence-corrected chi connectivity index (χ4v) is 3.20. The summed E-state index contributed by atoms with van der Waals surface area (Å²) in [6.45, 7) is 2.00. The summed E-state index contributed by atoms with van der Waals surface area (Å²) in [5.74, 6) is -1.18. The first-order valence-electron chi connectivity index (χ1n) is 9.81. The molecule has 2 amide bonds. The van der Waals surface area contributed by atoms with Gasteiger partial charge in [0.1, 0.15) is 6.61 Å². The minimum Gasteiger partial charge on any atom is -0.463 e. The zero-order chi connectivity index (χ0) is 22.2. The Balaban J connectivity index is 1.84. The molecule has 162 valence electrons. The third kappa shape index (κ3) is 5.49. The minimum absolute atomic E-state index is 0.165.